The van der Waals surface area contributed by atoms with Crippen LogP contribution in [-0.4, -0.2) is 31.7 Å². The van der Waals surface area contributed by atoms with Crippen LogP contribution in [0.2, 0.25) is 5.15 Å². The lowest BCUT2D eigenvalue weighted by Gasteiger charge is -2.03. The fourth-order valence-corrected chi connectivity index (χ4v) is 3.46. The monoisotopic (exact) mass is 376 g/mol. The maximum absolute atomic E-state index is 12.6. The molecular formula is C16H13ClN4O3S. The summed E-state index contributed by atoms with van der Waals surface area (Å²) in [6.07, 6.45) is 0. The van der Waals surface area contributed by atoms with Gasteiger partial charge in [-0.25, -0.2) is 14.5 Å². The molecule has 0 bridgehead atoms. The predicted octanol–water partition coefficient (Wildman–Crippen LogP) is 3.55. The number of carbonyl (C=O) groups excluding carboxylic acids is 1. The number of rotatable bonds is 4. The van der Waals surface area contributed by atoms with E-state index in [0.717, 1.165) is 17.0 Å². The Hall–Kier alpha value is -2.71. The number of anilines is 1. The number of thiazole rings is 1. The Balaban J connectivity index is 1.92. The van der Waals surface area contributed by atoms with Crippen molar-refractivity contribution in [3.05, 3.63) is 57.3 Å². The van der Waals surface area contributed by atoms with E-state index in [9.17, 15) is 9.59 Å². The summed E-state index contributed by atoms with van der Waals surface area (Å²) in [7, 11) is 0. The van der Waals surface area contributed by atoms with Crippen LogP contribution in [-0.2, 0) is 0 Å². The van der Waals surface area contributed by atoms with Crippen LogP contribution in [0.4, 0.5) is 5.13 Å². The van der Waals surface area contributed by atoms with Crippen LogP contribution in [0.1, 0.15) is 31.4 Å². The van der Waals surface area contributed by atoms with E-state index in [0.29, 0.717) is 11.4 Å². The fraction of sp³-hybridized carbons (Fsp3) is 0.125. The number of aromatic carboxylic acids is 1. The van der Waals surface area contributed by atoms with Gasteiger partial charge in [-0.3, -0.25) is 10.1 Å². The normalized spacial score (nSPS) is 10.7. The first-order chi connectivity index (χ1) is 11.9. The Morgan fingerprint density at radius 3 is 2.48 bits per heavy atom. The number of amides is 1. The molecule has 128 valence electrons. The van der Waals surface area contributed by atoms with Crippen molar-refractivity contribution in [1.82, 2.24) is 14.8 Å². The zero-order valence-electron chi connectivity index (χ0n) is 13.3. The Bertz CT molecular complexity index is 965. The molecule has 3 aromatic rings. The number of hydrogen-bond donors (Lipinski definition) is 2. The molecule has 0 fully saturated rings. The summed E-state index contributed by atoms with van der Waals surface area (Å²) in [6.45, 7) is 3.25. The van der Waals surface area contributed by atoms with Crippen molar-refractivity contribution in [1.29, 1.82) is 0 Å². The van der Waals surface area contributed by atoms with Crippen molar-refractivity contribution in [3.63, 3.8) is 0 Å². The van der Waals surface area contributed by atoms with Gasteiger partial charge >= 0.3 is 5.97 Å². The van der Waals surface area contributed by atoms with Gasteiger partial charge in [-0.2, -0.15) is 5.10 Å². The Morgan fingerprint density at radius 2 is 1.88 bits per heavy atom. The van der Waals surface area contributed by atoms with Gasteiger partial charge in [0.05, 0.1) is 17.1 Å². The number of carboxylic acid groups (broad SMARTS) is 1. The maximum atomic E-state index is 12.6. The molecule has 0 spiro atoms. The minimum absolute atomic E-state index is 0.0816. The third-order valence-corrected chi connectivity index (χ3v) is 4.85. The highest BCUT2D eigenvalue weighted by atomic mass is 35.5. The molecule has 1 aromatic carbocycles. The minimum atomic E-state index is -1.08. The second kappa shape index (κ2) is 6.66. The van der Waals surface area contributed by atoms with E-state index in [1.54, 1.807) is 13.8 Å². The zero-order chi connectivity index (χ0) is 18.1. The Kier molecular flexibility index (Phi) is 4.56. The van der Waals surface area contributed by atoms with Crippen LogP contribution < -0.4 is 5.32 Å². The van der Waals surface area contributed by atoms with E-state index < -0.39 is 11.9 Å². The molecule has 0 aliphatic carbocycles. The summed E-state index contributed by atoms with van der Waals surface area (Å²) in [5.74, 6) is -1.57. The smallest absolute Gasteiger partial charge is 0.347 e. The van der Waals surface area contributed by atoms with Crippen LogP contribution in [0.3, 0.4) is 0 Å². The summed E-state index contributed by atoms with van der Waals surface area (Å²) in [6, 6.07) is 9.20. The molecule has 1 amide bonds. The van der Waals surface area contributed by atoms with Crippen molar-refractivity contribution in [3.8, 4) is 5.69 Å². The number of benzene rings is 1. The van der Waals surface area contributed by atoms with Crippen LogP contribution in [0.5, 0.6) is 0 Å². The van der Waals surface area contributed by atoms with Crippen molar-refractivity contribution >= 4 is 39.9 Å². The summed E-state index contributed by atoms with van der Waals surface area (Å²) in [5, 5.41) is 16.3. The minimum Gasteiger partial charge on any atom is -0.477 e. The molecule has 0 aliphatic rings. The highest BCUT2D eigenvalue weighted by Crippen LogP contribution is 2.27. The lowest BCUT2D eigenvalue weighted by molar-refractivity contribution is 0.0701. The quantitative estimate of drug-likeness (QED) is 0.725. The molecule has 7 nitrogen and oxygen atoms in total. The van der Waals surface area contributed by atoms with Gasteiger partial charge in [-0.15, -0.1) is 0 Å². The SMILES string of the molecule is Cc1nc(NC(=O)c2c(C)nn(-c3ccccc3)c2Cl)sc1C(=O)O. The number of nitrogens with one attached hydrogen (secondary N) is 1. The van der Waals surface area contributed by atoms with Gasteiger partial charge < -0.3 is 5.11 Å². The van der Waals surface area contributed by atoms with Crippen molar-refractivity contribution in [2.75, 3.05) is 5.32 Å². The van der Waals surface area contributed by atoms with Crippen molar-refractivity contribution < 1.29 is 14.7 Å². The summed E-state index contributed by atoms with van der Waals surface area (Å²) in [5.41, 5.74) is 1.75. The fourth-order valence-electron chi connectivity index (χ4n) is 2.31. The lowest BCUT2D eigenvalue weighted by Crippen LogP contribution is -2.13. The van der Waals surface area contributed by atoms with Gasteiger partial charge in [0, 0.05) is 0 Å². The average molecular weight is 377 g/mol. The van der Waals surface area contributed by atoms with E-state index in [-0.39, 0.29) is 20.7 Å². The van der Waals surface area contributed by atoms with Crippen LogP contribution in [0.15, 0.2) is 30.3 Å². The van der Waals surface area contributed by atoms with Crippen LogP contribution in [0.25, 0.3) is 5.69 Å². The second-order valence-corrected chi connectivity index (χ2v) is 6.55. The molecule has 25 heavy (non-hydrogen) atoms. The first kappa shape index (κ1) is 17.1. The van der Waals surface area contributed by atoms with Gasteiger partial charge in [0.2, 0.25) is 0 Å². The highest BCUT2D eigenvalue weighted by Gasteiger charge is 2.23. The van der Waals surface area contributed by atoms with Gasteiger partial charge in [-0.05, 0) is 26.0 Å². The molecule has 2 aromatic heterocycles. The number of aryl methyl sites for hydroxylation is 2. The topological polar surface area (TPSA) is 97.1 Å². The Morgan fingerprint density at radius 1 is 1.20 bits per heavy atom. The van der Waals surface area contributed by atoms with E-state index in [1.807, 2.05) is 30.3 Å². The summed E-state index contributed by atoms with van der Waals surface area (Å²) < 4.78 is 1.47. The molecule has 0 saturated heterocycles. The predicted molar refractivity (Wildman–Crippen MR) is 95.1 cm³/mol. The molecular weight excluding hydrogens is 364 g/mol. The average Bonchev–Trinajstić information content (AvgIpc) is 3.07. The second-order valence-electron chi connectivity index (χ2n) is 5.19. The number of carbonyl (C=O) groups is 2. The summed E-state index contributed by atoms with van der Waals surface area (Å²) in [4.78, 5) is 27.8. The third-order valence-electron chi connectivity index (χ3n) is 3.44. The first-order valence-corrected chi connectivity index (χ1v) is 8.40. The van der Waals surface area contributed by atoms with E-state index in [2.05, 4.69) is 15.4 Å². The Labute approximate surface area is 151 Å². The van der Waals surface area contributed by atoms with Crippen molar-refractivity contribution in [2.24, 2.45) is 0 Å². The zero-order valence-corrected chi connectivity index (χ0v) is 14.9. The number of carboxylic acids is 1. The maximum Gasteiger partial charge on any atom is 0.347 e. The number of para-hydroxylation sites is 1. The van der Waals surface area contributed by atoms with Crippen molar-refractivity contribution in [2.45, 2.75) is 13.8 Å². The number of aromatic nitrogens is 3. The number of nitrogens with zero attached hydrogens (tertiary/aromatic N) is 3. The number of halogens is 1. The van der Waals surface area contributed by atoms with E-state index in [1.165, 1.54) is 4.68 Å². The largest absolute Gasteiger partial charge is 0.477 e. The standard InChI is InChI=1S/C16H13ClN4O3S/c1-8-11(13(17)21(20-8)10-6-4-3-5-7-10)14(22)19-16-18-9(2)12(25-16)15(23)24/h3-7H,1-2H3,(H,23,24)(H,18,19,22). The highest BCUT2D eigenvalue weighted by molar-refractivity contribution is 7.17. The molecule has 0 unspecified atom stereocenters. The molecule has 2 N–H and O–H groups in total. The van der Waals surface area contributed by atoms with Gasteiger partial charge in [0.25, 0.3) is 5.91 Å². The first-order valence-electron chi connectivity index (χ1n) is 7.21. The van der Waals surface area contributed by atoms with Gasteiger partial charge in [-0.1, -0.05) is 41.1 Å². The molecule has 0 radical (unpaired) electrons. The summed E-state index contributed by atoms with van der Waals surface area (Å²) >= 11 is 7.23. The molecule has 2 heterocycles. The molecule has 0 atom stereocenters. The lowest BCUT2D eigenvalue weighted by atomic mass is 10.2. The van der Waals surface area contributed by atoms with E-state index in [4.69, 9.17) is 16.7 Å². The van der Waals surface area contributed by atoms with Gasteiger partial charge in [0.1, 0.15) is 15.6 Å². The molecule has 3 rings (SSSR count). The molecule has 0 saturated carbocycles. The third kappa shape index (κ3) is 3.26. The van der Waals surface area contributed by atoms with Crippen LogP contribution >= 0.6 is 22.9 Å². The number of hydrogen-bond acceptors (Lipinski definition) is 5. The van der Waals surface area contributed by atoms with Gasteiger partial charge in [0.15, 0.2) is 5.13 Å². The molecule has 0 aliphatic heterocycles. The van der Waals surface area contributed by atoms with Crippen LogP contribution in [0, 0.1) is 13.8 Å². The molecule has 9 heteroatoms. The van der Waals surface area contributed by atoms with E-state index >= 15 is 0 Å².